The van der Waals surface area contributed by atoms with Crippen molar-refractivity contribution in [1.82, 2.24) is 0 Å². The second kappa shape index (κ2) is 5.22. The molecule has 0 nitrogen and oxygen atoms in total. The van der Waals surface area contributed by atoms with Crippen molar-refractivity contribution in [3.8, 4) is 0 Å². The molecule has 0 fully saturated rings. The van der Waals surface area contributed by atoms with Crippen LogP contribution in [0.25, 0.3) is 0 Å². The average molecular weight is 104 g/mol. The van der Waals surface area contributed by atoms with Gasteiger partial charge in [-0.2, -0.15) is 0 Å². The summed E-state index contributed by atoms with van der Waals surface area (Å²) >= 11 is 0. The molecule has 0 aromatic carbocycles. The molecular formula is C5H14Si. The lowest BCUT2D eigenvalue weighted by molar-refractivity contribution is 0.880. The smallest absolute Gasteiger partial charge is 0.0166 e. The lowest BCUT2D eigenvalue weighted by atomic mass is 10.4. The van der Waals surface area contributed by atoms with Gasteiger partial charge in [0.05, 0.1) is 0 Å². The molecule has 0 aromatic rings. The Balaban J connectivity index is 3.11. The fourth-order valence-electron chi connectivity index (χ4n) is 0.354. The first-order valence-corrected chi connectivity index (χ1v) is 4.27. The van der Waals surface area contributed by atoms with E-state index in [1.54, 1.807) is 6.55 Å². The highest BCUT2D eigenvalue weighted by atomic mass is 28.2. The number of rotatable bonds is 3. The molecule has 0 spiro atoms. The molecule has 0 amide bonds. The highest BCUT2D eigenvalue weighted by Crippen LogP contribution is 1.90. The summed E-state index contributed by atoms with van der Waals surface area (Å²) in [6.07, 6.45) is 2.19. The van der Waals surface area contributed by atoms with Gasteiger partial charge in [-0.3, -0.25) is 0 Å². The first-order valence-electron chi connectivity index (χ1n) is 3.56. The molecule has 0 N–H and O–H groups in total. The van der Waals surface area contributed by atoms with Crippen molar-refractivity contribution in [2.45, 2.75) is 32.4 Å². The normalized spacial score (nSPS) is 16.3. The Morgan fingerprint density at radius 3 is 2.67 bits per heavy atom. The van der Waals surface area contributed by atoms with Crippen molar-refractivity contribution in [2.75, 3.05) is 0 Å². The van der Waals surface area contributed by atoms with Crippen LogP contribution in [0.4, 0.5) is 0 Å². The third kappa shape index (κ3) is 4.22. The Morgan fingerprint density at radius 2 is 2.50 bits per heavy atom. The molecule has 0 aliphatic carbocycles. The van der Waals surface area contributed by atoms with Crippen LogP contribution in [-0.4, -0.2) is 11.9 Å². The Bertz CT molecular complexity index is 57.9. The van der Waals surface area contributed by atoms with Crippen molar-refractivity contribution in [3.05, 3.63) is 0 Å². The van der Waals surface area contributed by atoms with Crippen LogP contribution in [0.3, 0.4) is 0 Å². The minimum atomic E-state index is -2.18. The van der Waals surface area contributed by atoms with E-state index in [1.165, 1.54) is 0 Å². The Kier molecular flexibility index (Phi) is 2.82. The fraction of sp³-hybridized carbons (Fsp3) is 1.00. The van der Waals surface area contributed by atoms with E-state index in [0.717, 1.165) is 18.9 Å². The number of hydrogen-bond acceptors (Lipinski definition) is 0. The Hall–Kier alpha value is 0.217. The van der Waals surface area contributed by atoms with Gasteiger partial charge < -0.3 is 0 Å². The van der Waals surface area contributed by atoms with Crippen LogP contribution in [0.1, 0.15) is 19.8 Å². The fourth-order valence-corrected chi connectivity index (χ4v) is 1.06. The van der Waals surface area contributed by atoms with Gasteiger partial charge in [0, 0.05) is 11.9 Å². The van der Waals surface area contributed by atoms with Crippen LogP contribution < -0.4 is 0 Å². The minimum absolute atomic E-state index is 0.837. The third-order valence-corrected chi connectivity index (χ3v) is 1.63. The van der Waals surface area contributed by atoms with Gasteiger partial charge >= 0.3 is 0 Å². The summed E-state index contributed by atoms with van der Waals surface area (Å²) in [5.74, 6) is 0. The second-order valence-corrected chi connectivity index (χ2v) is 2.66. The summed E-state index contributed by atoms with van der Waals surface area (Å²) < 4.78 is 14.5. The summed E-state index contributed by atoms with van der Waals surface area (Å²) in [5.41, 5.74) is 0. The highest BCUT2D eigenvalue weighted by Gasteiger charge is 1.76. The van der Waals surface area contributed by atoms with E-state index in [4.69, 9.17) is 2.47 Å². The SMILES string of the molecule is [2H][Si]([2H])(C)CCCC. The van der Waals surface area contributed by atoms with Crippen LogP contribution in [-0.2, 0) is 0 Å². The molecule has 0 saturated heterocycles. The lowest BCUT2D eigenvalue weighted by Gasteiger charge is -1.85. The van der Waals surface area contributed by atoms with Crippen LogP contribution >= 0.6 is 0 Å². The summed E-state index contributed by atoms with van der Waals surface area (Å²) in [6.45, 7) is 3.86. The molecule has 0 radical (unpaired) electrons. The molecule has 38 valence electrons. The van der Waals surface area contributed by atoms with E-state index >= 15 is 0 Å². The van der Waals surface area contributed by atoms with Crippen molar-refractivity contribution < 1.29 is 0 Å². The van der Waals surface area contributed by atoms with Crippen LogP contribution in [0.2, 0.25) is 12.6 Å². The van der Waals surface area contributed by atoms with E-state index in [0.29, 0.717) is 0 Å². The summed E-state index contributed by atoms with van der Waals surface area (Å²) in [5, 5.41) is 0. The van der Waals surface area contributed by atoms with Crippen molar-refractivity contribution in [3.63, 3.8) is 0 Å². The zero-order valence-corrected chi connectivity index (χ0v) is 5.62. The van der Waals surface area contributed by atoms with Gasteiger partial charge in [-0.05, 0) is 0 Å². The van der Waals surface area contributed by atoms with Gasteiger partial charge in [0.1, 0.15) is 0 Å². The molecule has 0 heterocycles. The van der Waals surface area contributed by atoms with Gasteiger partial charge in [-0.15, -0.1) is 0 Å². The summed E-state index contributed by atoms with van der Waals surface area (Å²) in [4.78, 5) is 0. The lowest BCUT2D eigenvalue weighted by Crippen LogP contribution is -1.76. The van der Waals surface area contributed by atoms with Gasteiger partial charge in [0.2, 0.25) is 0 Å². The molecular weight excluding hydrogens is 88.1 g/mol. The van der Waals surface area contributed by atoms with Crippen LogP contribution in [0.15, 0.2) is 0 Å². The number of hydrogen-bond donors (Lipinski definition) is 0. The van der Waals surface area contributed by atoms with Crippen molar-refractivity contribution in [1.29, 1.82) is 2.47 Å². The second-order valence-electron chi connectivity index (χ2n) is 1.46. The molecule has 0 aliphatic heterocycles. The topological polar surface area (TPSA) is 0 Å². The Labute approximate surface area is 45.2 Å². The average Bonchev–Trinajstić information content (AvgIpc) is 1.59. The van der Waals surface area contributed by atoms with Crippen molar-refractivity contribution in [2.24, 2.45) is 0 Å². The van der Waals surface area contributed by atoms with E-state index in [2.05, 4.69) is 6.92 Å². The van der Waals surface area contributed by atoms with Gasteiger partial charge in [-0.25, -0.2) is 0 Å². The summed E-state index contributed by atoms with van der Waals surface area (Å²) in [7, 11) is -2.18. The maximum absolute atomic E-state index is 7.24. The van der Waals surface area contributed by atoms with Gasteiger partial charge in [0.25, 0.3) is 0 Å². The molecule has 0 atom stereocenters. The zero-order chi connectivity index (χ0) is 6.62. The monoisotopic (exact) mass is 104 g/mol. The molecule has 0 rings (SSSR count). The van der Waals surface area contributed by atoms with Crippen LogP contribution in [0.5, 0.6) is 0 Å². The molecule has 6 heavy (non-hydrogen) atoms. The van der Waals surface area contributed by atoms with Crippen LogP contribution in [0, 0.1) is 0 Å². The Morgan fingerprint density at radius 1 is 1.83 bits per heavy atom. The maximum atomic E-state index is 7.24. The maximum Gasteiger partial charge on any atom is 0.0166 e. The summed E-state index contributed by atoms with van der Waals surface area (Å²) in [6, 6.07) is 0.837. The van der Waals surface area contributed by atoms with E-state index in [1.807, 2.05) is 0 Å². The van der Waals surface area contributed by atoms with E-state index < -0.39 is 9.38 Å². The van der Waals surface area contributed by atoms with Gasteiger partial charge in [0.15, 0.2) is 0 Å². The molecule has 0 saturated carbocycles. The molecule has 1 heteroatoms. The molecule has 0 unspecified atom stereocenters. The number of unbranched alkanes of at least 4 members (excludes halogenated alkanes) is 1. The predicted molar refractivity (Wildman–Crippen MR) is 34.1 cm³/mol. The molecule has 0 aromatic heterocycles. The van der Waals surface area contributed by atoms with Gasteiger partial charge in [-0.1, -0.05) is 32.4 Å². The van der Waals surface area contributed by atoms with E-state index in [-0.39, 0.29) is 0 Å². The third-order valence-electron chi connectivity index (χ3n) is 0.780. The van der Waals surface area contributed by atoms with E-state index in [9.17, 15) is 0 Å². The first kappa shape index (κ1) is 3.25. The molecule has 0 aliphatic rings. The molecule has 0 bridgehead atoms. The largest absolute Gasteiger partial charge is 0.0748 e. The first-order chi connectivity index (χ1) is 3.56. The van der Waals surface area contributed by atoms with Crippen molar-refractivity contribution >= 4 is 9.38 Å². The minimum Gasteiger partial charge on any atom is -0.0748 e. The highest BCUT2D eigenvalue weighted by molar-refractivity contribution is 6.33. The zero-order valence-electron chi connectivity index (χ0n) is 6.62. The quantitative estimate of drug-likeness (QED) is 0.475. The standard InChI is InChI=1S/C5H14Si/c1-3-4-5-6-2/h3-6H2,1-2H3/i6D2. The predicted octanol–water partition coefficient (Wildman–Crippen LogP) is 1.42.